The molecule has 1 unspecified atom stereocenters. The molecule has 1 aliphatic carbocycles. The molecule has 2 N–H and O–H groups in total. The van der Waals surface area contributed by atoms with Gasteiger partial charge in [0.1, 0.15) is 17.3 Å². The summed E-state index contributed by atoms with van der Waals surface area (Å²) >= 11 is 0. The van der Waals surface area contributed by atoms with Crippen LogP contribution in [0, 0.1) is 40.7 Å². The molecule has 0 amide bonds. The molecule has 2 aromatic carbocycles. The fraction of sp³-hybridized carbons (Fsp3) is 0.333. The third-order valence-electron chi connectivity index (χ3n) is 6.75. The number of nitro groups is 1. The summed E-state index contributed by atoms with van der Waals surface area (Å²) in [5.41, 5.74) is 10.3. The van der Waals surface area contributed by atoms with E-state index in [0.717, 1.165) is 16.7 Å². The quantitative estimate of drug-likeness (QED) is 0.481. The molecule has 0 saturated heterocycles. The second-order valence-electron chi connectivity index (χ2n) is 9.95. The highest BCUT2D eigenvalue weighted by Crippen LogP contribution is 2.52. The first kappa shape index (κ1) is 24.0. The predicted octanol–water partition coefficient (Wildman–Crippen LogP) is 5.16. The molecule has 0 spiro atoms. The number of nitrogens with two attached hydrogens (primary N) is 1. The molecule has 0 bridgehead atoms. The average Bonchev–Trinajstić information content (AvgIpc) is 2.79. The van der Waals surface area contributed by atoms with E-state index in [0.29, 0.717) is 29.9 Å². The van der Waals surface area contributed by atoms with Crippen molar-refractivity contribution in [1.82, 2.24) is 0 Å². The van der Waals surface area contributed by atoms with Gasteiger partial charge in [-0.05, 0) is 48.9 Å². The summed E-state index contributed by atoms with van der Waals surface area (Å²) in [4.78, 5) is 26.7. The Morgan fingerprint density at radius 1 is 1.20 bits per heavy atom. The molecule has 0 saturated carbocycles. The molecular weight excluding hydrogens is 444 g/mol. The Hall–Kier alpha value is -4.12. The molecule has 1 atom stereocenters. The van der Waals surface area contributed by atoms with E-state index < -0.39 is 10.8 Å². The largest absolute Gasteiger partial charge is 0.496 e. The summed E-state index contributed by atoms with van der Waals surface area (Å²) in [6.07, 6.45) is 0.780. The van der Waals surface area contributed by atoms with Crippen LogP contribution < -0.4 is 15.4 Å². The number of nitriles is 1. The summed E-state index contributed by atoms with van der Waals surface area (Å²) in [6, 6.07) is 12.6. The molecule has 35 heavy (non-hydrogen) atoms. The van der Waals surface area contributed by atoms with Crippen molar-refractivity contribution in [2.24, 2.45) is 11.1 Å². The van der Waals surface area contributed by atoms with Gasteiger partial charge in [0.25, 0.3) is 5.69 Å². The maximum atomic E-state index is 13.7. The predicted molar refractivity (Wildman–Crippen MR) is 133 cm³/mol. The Morgan fingerprint density at radius 2 is 1.91 bits per heavy atom. The van der Waals surface area contributed by atoms with Crippen LogP contribution in [0.1, 0.15) is 49.3 Å². The van der Waals surface area contributed by atoms with Crippen molar-refractivity contribution in [2.75, 3.05) is 12.0 Å². The Balaban J connectivity index is 2.07. The first-order valence-electron chi connectivity index (χ1n) is 11.3. The van der Waals surface area contributed by atoms with E-state index in [2.05, 4.69) is 6.07 Å². The van der Waals surface area contributed by atoms with Crippen molar-refractivity contribution in [1.29, 1.82) is 5.26 Å². The molecule has 8 nitrogen and oxygen atoms in total. The molecule has 2 aromatic rings. The van der Waals surface area contributed by atoms with Crippen molar-refractivity contribution in [3.8, 4) is 11.8 Å². The summed E-state index contributed by atoms with van der Waals surface area (Å²) in [6.45, 7) is 7.88. The van der Waals surface area contributed by atoms with Crippen molar-refractivity contribution >= 4 is 17.2 Å². The summed E-state index contributed by atoms with van der Waals surface area (Å²) in [7, 11) is 1.43. The normalized spacial score (nSPS) is 19.4. The van der Waals surface area contributed by atoms with E-state index in [9.17, 15) is 20.2 Å². The minimum absolute atomic E-state index is 0.0800. The lowest BCUT2D eigenvalue weighted by atomic mass is 9.68. The van der Waals surface area contributed by atoms with E-state index in [1.165, 1.54) is 18.1 Å². The fourth-order valence-electron chi connectivity index (χ4n) is 5.13. The Kier molecular flexibility index (Phi) is 5.89. The number of carbonyl (C=O) groups is 1. The van der Waals surface area contributed by atoms with Gasteiger partial charge in [-0.2, -0.15) is 5.26 Å². The van der Waals surface area contributed by atoms with Gasteiger partial charge in [-0.3, -0.25) is 19.8 Å². The van der Waals surface area contributed by atoms with Crippen LogP contribution in [0.25, 0.3) is 0 Å². The second-order valence-corrected chi connectivity index (χ2v) is 9.95. The summed E-state index contributed by atoms with van der Waals surface area (Å²) < 4.78 is 5.19. The standard InChI is InChI=1S/C27H28N4O4/c1-15-6-7-16(2)18(10-15)24-19(14-28)26(29)30(22-12-27(3,4)13-23(32)25(22)24)20-9-8-17(35-5)11-21(20)31(33)34/h6-11,24H,12-13,29H2,1-5H3. The molecule has 1 aliphatic heterocycles. The molecule has 1 heterocycles. The van der Waals surface area contributed by atoms with Gasteiger partial charge in [-0.15, -0.1) is 0 Å². The minimum atomic E-state index is -0.632. The van der Waals surface area contributed by atoms with Gasteiger partial charge in [-0.1, -0.05) is 37.6 Å². The van der Waals surface area contributed by atoms with E-state index in [1.807, 2.05) is 45.9 Å². The Morgan fingerprint density at radius 3 is 2.54 bits per heavy atom. The van der Waals surface area contributed by atoms with Gasteiger partial charge >= 0.3 is 0 Å². The number of allylic oxidation sites excluding steroid dienone is 3. The highest BCUT2D eigenvalue weighted by molar-refractivity contribution is 6.02. The maximum absolute atomic E-state index is 13.7. The van der Waals surface area contributed by atoms with Crippen LogP contribution in [-0.2, 0) is 4.79 Å². The Bertz CT molecular complexity index is 1360. The number of nitrogens with zero attached hydrogens (tertiary/aromatic N) is 3. The van der Waals surface area contributed by atoms with Gasteiger partial charge in [0, 0.05) is 17.7 Å². The number of aryl methyl sites for hydroxylation is 2. The van der Waals surface area contributed by atoms with Crippen molar-refractivity contribution in [3.05, 3.63) is 85.9 Å². The monoisotopic (exact) mass is 472 g/mol. The second kappa shape index (κ2) is 8.58. The maximum Gasteiger partial charge on any atom is 0.296 e. The van der Waals surface area contributed by atoms with Crippen LogP contribution in [-0.4, -0.2) is 17.8 Å². The number of benzene rings is 2. The Labute approximate surface area is 204 Å². The van der Waals surface area contributed by atoms with Gasteiger partial charge in [0.15, 0.2) is 5.78 Å². The van der Waals surface area contributed by atoms with Crippen molar-refractivity contribution in [2.45, 2.75) is 46.5 Å². The van der Waals surface area contributed by atoms with Crippen molar-refractivity contribution in [3.63, 3.8) is 0 Å². The summed E-state index contributed by atoms with van der Waals surface area (Å²) in [5, 5.41) is 22.3. The van der Waals surface area contributed by atoms with Crippen LogP contribution in [0.2, 0.25) is 0 Å². The van der Waals surface area contributed by atoms with Crippen molar-refractivity contribution < 1.29 is 14.5 Å². The summed E-state index contributed by atoms with van der Waals surface area (Å²) in [5.74, 6) is -0.297. The number of Topliss-reactive ketones (excluding diaryl/α,β-unsaturated/α-hetero) is 1. The lowest BCUT2D eigenvalue weighted by Crippen LogP contribution is -2.42. The highest BCUT2D eigenvalue weighted by Gasteiger charge is 2.46. The van der Waals surface area contributed by atoms with E-state index in [4.69, 9.17) is 10.5 Å². The first-order valence-corrected chi connectivity index (χ1v) is 11.3. The van der Waals surface area contributed by atoms with Crippen LogP contribution in [0.4, 0.5) is 11.4 Å². The van der Waals surface area contributed by atoms with Gasteiger partial charge in [0.2, 0.25) is 0 Å². The SMILES string of the molecule is COc1ccc(N2C(N)=C(C#N)C(c3cc(C)ccc3C)C3=C2CC(C)(C)CC3=O)c([N+](=O)[O-])c1. The third kappa shape index (κ3) is 4.03. The molecule has 8 heteroatoms. The number of anilines is 1. The zero-order valence-corrected chi connectivity index (χ0v) is 20.5. The van der Waals surface area contributed by atoms with E-state index in [1.54, 1.807) is 12.1 Å². The fourth-order valence-corrected chi connectivity index (χ4v) is 5.13. The number of hydrogen-bond donors (Lipinski definition) is 1. The van der Waals surface area contributed by atoms with Crippen LogP contribution in [0.5, 0.6) is 5.75 Å². The number of ether oxygens (including phenoxy) is 1. The third-order valence-corrected chi connectivity index (χ3v) is 6.75. The number of carbonyl (C=O) groups excluding carboxylic acids is 1. The molecular formula is C27H28N4O4. The molecule has 0 fully saturated rings. The molecule has 2 aliphatic rings. The number of ketones is 1. The van der Waals surface area contributed by atoms with Gasteiger partial charge in [0.05, 0.1) is 35.7 Å². The number of hydrogen-bond acceptors (Lipinski definition) is 7. The number of methoxy groups -OCH3 is 1. The smallest absolute Gasteiger partial charge is 0.296 e. The van der Waals surface area contributed by atoms with E-state index >= 15 is 0 Å². The van der Waals surface area contributed by atoms with Crippen LogP contribution in [0.3, 0.4) is 0 Å². The van der Waals surface area contributed by atoms with E-state index in [-0.39, 0.29) is 34.0 Å². The highest BCUT2D eigenvalue weighted by atomic mass is 16.6. The average molecular weight is 473 g/mol. The lowest BCUT2D eigenvalue weighted by Gasteiger charge is -2.43. The molecule has 0 aromatic heterocycles. The topological polar surface area (TPSA) is 122 Å². The minimum Gasteiger partial charge on any atom is -0.496 e. The van der Waals surface area contributed by atoms with Crippen LogP contribution >= 0.6 is 0 Å². The zero-order chi connectivity index (χ0) is 25.7. The molecule has 180 valence electrons. The first-order chi connectivity index (χ1) is 16.5. The van der Waals surface area contributed by atoms with Gasteiger partial charge < -0.3 is 10.5 Å². The van der Waals surface area contributed by atoms with Crippen LogP contribution in [0.15, 0.2) is 59.1 Å². The molecule has 4 rings (SSSR count). The molecule has 0 radical (unpaired) electrons. The zero-order valence-electron chi connectivity index (χ0n) is 20.5. The number of nitro benzene ring substituents is 1. The van der Waals surface area contributed by atoms with Gasteiger partial charge in [-0.25, -0.2) is 0 Å². The number of rotatable bonds is 4. The lowest BCUT2D eigenvalue weighted by molar-refractivity contribution is -0.384.